The van der Waals surface area contributed by atoms with Crippen molar-refractivity contribution in [2.75, 3.05) is 19.4 Å². The molecule has 0 spiro atoms. The third-order valence-corrected chi connectivity index (χ3v) is 3.53. The lowest BCUT2D eigenvalue weighted by atomic mass is 10.1. The maximum Gasteiger partial charge on any atom is 0.416 e. The van der Waals surface area contributed by atoms with Gasteiger partial charge in [0.05, 0.1) is 17.3 Å². The molecule has 0 aliphatic carbocycles. The van der Waals surface area contributed by atoms with Gasteiger partial charge in [-0.05, 0) is 50.4 Å². The van der Waals surface area contributed by atoms with Crippen LogP contribution in [0, 0.1) is 5.92 Å². The Morgan fingerprint density at radius 1 is 0.960 bits per heavy atom. The Balaban J connectivity index is 3.10. The monoisotopic (exact) mass is 387 g/mol. The molecule has 0 aliphatic heterocycles. The second-order valence-corrected chi connectivity index (χ2v) is 6.45. The standard InChI is InChI=1S/C15H19F6N3S/c1-8(2)12(24(3)4)23-13(25)22-11-6-9(14(16,17)18)5-10(7-11)15(19,20)21/h5-8,12H,1-4H3,(H2,22,23,25)/t12-/m0/s1. The van der Waals surface area contributed by atoms with E-state index in [0.717, 1.165) is 0 Å². The van der Waals surface area contributed by atoms with Crippen molar-refractivity contribution in [2.45, 2.75) is 32.4 Å². The first-order valence-corrected chi connectivity index (χ1v) is 7.66. The lowest BCUT2D eigenvalue weighted by molar-refractivity contribution is -0.143. The van der Waals surface area contributed by atoms with Gasteiger partial charge >= 0.3 is 12.4 Å². The molecule has 0 fully saturated rings. The Labute approximate surface area is 147 Å². The summed E-state index contributed by atoms with van der Waals surface area (Å²) in [6.45, 7) is 3.79. The fourth-order valence-corrected chi connectivity index (χ4v) is 2.46. The topological polar surface area (TPSA) is 27.3 Å². The number of anilines is 1. The zero-order valence-corrected chi connectivity index (χ0v) is 14.8. The molecule has 2 N–H and O–H groups in total. The number of hydrogen-bond acceptors (Lipinski definition) is 2. The van der Waals surface area contributed by atoms with Crippen molar-refractivity contribution in [3.05, 3.63) is 29.3 Å². The van der Waals surface area contributed by atoms with Gasteiger partial charge in [-0.15, -0.1) is 0 Å². The van der Waals surface area contributed by atoms with Crippen molar-refractivity contribution < 1.29 is 26.3 Å². The molecule has 0 amide bonds. The minimum Gasteiger partial charge on any atom is -0.347 e. The van der Waals surface area contributed by atoms with E-state index in [-0.39, 0.29) is 28.9 Å². The second kappa shape index (κ2) is 7.77. The summed E-state index contributed by atoms with van der Waals surface area (Å²) in [5.74, 6) is 0.0991. The number of benzene rings is 1. The van der Waals surface area contributed by atoms with E-state index in [1.807, 2.05) is 13.8 Å². The normalized spacial score (nSPS) is 13.9. The Hall–Kier alpha value is -1.55. The predicted octanol–water partition coefficient (Wildman–Crippen LogP) is 4.55. The van der Waals surface area contributed by atoms with Crippen molar-refractivity contribution in [3.63, 3.8) is 0 Å². The highest BCUT2D eigenvalue weighted by atomic mass is 32.1. The first-order chi connectivity index (χ1) is 11.2. The van der Waals surface area contributed by atoms with Crippen LogP contribution < -0.4 is 10.6 Å². The highest BCUT2D eigenvalue weighted by Gasteiger charge is 2.37. The third kappa shape index (κ3) is 6.35. The zero-order chi connectivity index (χ0) is 19.6. The van der Waals surface area contributed by atoms with Gasteiger partial charge in [-0.25, -0.2) is 0 Å². The molecule has 3 nitrogen and oxygen atoms in total. The van der Waals surface area contributed by atoms with Crippen LogP contribution in [0.3, 0.4) is 0 Å². The van der Waals surface area contributed by atoms with Crippen molar-refractivity contribution in [1.29, 1.82) is 0 Å². The number of rotatable bonds is 4. The van der Waals surface area contributed by atoms with Gasteiger partial charge in [0, 0.05) is 5.69 Å². The highest BCUT2D eigenvalue weighted by molar-refractivity contribution is 7.80. The molecule has 142 valence electrons. The first kappa shape index (κ1) is 21.5. The summed E-state index contributed by atoms with van der Waals surface area (Å²) >= 11 is 5.01. The first-order valence-electron chi connectivity index (χ1n) is 7.25. The summed E-state index contributed by atoms with van der Waals surface area (Å²) in [7, 11) is 3.54. The molecule has 1 aromatic carbocycles. The van der Waals surface area contributed by atoms with Crippen LogP contribution in [0.25, 0.3) is 0 Å². The van der Waals surface area contributed by atoms with Gasteiger partial charge < -0.3 is 10.6 Å². The fourth-order valence-electron chi connectivity index (χ4n) is 2.22. The average molecular weight is 387 g/mol. The van der Waals surface area contributed by atoms with E-state index in [1.54, 1.807) is 19.0 Å². The average Bonchev–Trinajstić information content (AvgIpc) is 2.41. The van der Waals surface area contributed by atoms with Crippen LogP contribution in [0.5, 0.6) is 0 Å². The molecule has 0 saturated carbocycles. The van der Waals surface area contributed by atoms with Gasteiger partial charge in [0.2, 0.25) is 0 Å². The van der Waals surface area contributed by atoms with E-state index in [9.17, 15) is 26.3 Å². The highest BCUT2D eigenvalue weighted by Crippen LogP contribution is 2.37. The van der Waals surface area contributed by atoms with Crippen LogP contribution in [-0.4, -0.2) is 30.3 Å². The van der Waals surface area contributed by atoms with E-state index in [0.29, 0.717) is 12.1 Å². The number of hydrogen-bond donors (Lipinski definition) is 2. The van der Waals surface area contributed by atoms with Gasteiger partial charge in [0.25, 0.3) is 0 Å². The Morgan fingerprint density at radius 2 is 1.40 bits per heavy atom. The molecule has 0 saturated heterocycles. The molecule has 10 heteroatoms. The maximum absolute atomic E-state index is 12.8. The number of alkyl halides is 6. The zero-order valence-electron chi connectivity index (χ0n) is 14.0. The molecule has 1 aromatic rings. The third-order valence-electron chi connectivity index (χ3n) is 3.31. The number of halogens is 6. The Bertz CT molecular complexity index is 570. The molecule has 25 heavy (non-hydrogen) atoms. The quantitative estimate of drug-likeness (QED) is 0.450. The molecule has 0 aliphatic rings. The Morgan fingerprint density at radius 3 is 1.72 bits per heavy atom. The lowest BCUT2D eigenvalue weighted by Crippen LogP contribution is -2.49. The summed E-state index contributed by atoms with van der Waals surface area (Å²) in [5.41, 5.74) is -3.19. The van der Waals surface area contributed by atoms with E-state index < -0.39 is 23.5 Å². The maximum atomic E-state index is 12.8. The smallest absolute Gasteiger partial charge is 0.347 e. The minimum atomic E-state index is -4.91. The molecule has 0 aromatic heterocycles. The molecular weight excluding hydrogens is 368 g/mol. The molecule has 0 heterocycles. The summed E-state index contributed by atoms with van der Waals surface area (Å²) in [4.78, 5) is 1.80. The van der Waals surface area contributed by atoms with Crippen LogP contribution >= 0.6 is 12.2 Å². The van der Waals surface area contributed by atoms with Crippen molar-refractivity contribution in [3.8, 4) is 0 Å². The van der Waals surface area contributed by atoms with Gasteiger partial charge in [-0.2, -0.15) is 26.3 Å². The molecule has 0 bridgehead atoms. The Kier molecular flexibility index (Phi) is 6.68. The SMILES string of the molecule is CC(C)[C@@H](NC(=S)Nc1cc(C(F)(F)F)cc(C(F)(F)F)c1)N(C)C. The van der Waals surface area contributed by atoms with Crippen LogP contribution in [0.2, 0.25) is 0 Å². The summed E-state index contributed by atoms with van der Waals surface area (Å²) < 4.78 is 77.1. The van der Waals surface area contributed by atoms with E-state index in [2.05, 4.69) is 10.6 Å². The molecule has 0 unspecified atom stereocenters. The van der Waals surface area contributed by atoms with Gasteiger partial charge in [0.15, 0.2) is 5.11 Å². The molecule has 1 rings (SSSR count). The van der Waals surface area contributed by atoms with E-state index >= 15 is 0 Å². The van der Waals surface area contributed by atoms with Crippen molar-refractivity contribution in [1.82, 2.24) is 10.2 Å². The molecule has 0 radical (unpaired) electrons. The number of thiocarbonyl (C=S) groups is 1. The van der Waals surface area contributed by atoms with Crippen molar-refractivity contribution >= 4 is 23.0 Å². The lowest BCUT2D eigenvalue weighted by Gasteiger charge is -2.30. The van der Waals surface area contributed by atoms with Crippen LogP contribution in [-0.2, 0) is 12.4 Å². The second-order valence-electron chi connectivity index (χ2n) is 6.05. The summed E-state index contributed by atoms with van der Waals surface area (Å²) in [6, 6.07) is 1.24. The van der Waals surface area contributed by atoms with Crippen LogP contribution in [0.15, 0.2) is 18.2 Å². The summed E-state index contributed by atoms with van der Waals surface area (Å²) in [6.07, 6.45) is -10.1. The van der Waals surface area contributed by atoms with Crippen molar-refractivity contribution in [2.24, 2.45) is 5.92 Å². The fraction of sp³-hybridized carbons (Fsp3) is 0.533. The number of nitrogens with one attached hydrogen (secondary N) is 2. The molecule has 1 atom stereocenters. The van der Waals surface area contributed by atoms with Crippen LogP contribution in [0.1, 0.15) is 25.0 Å². The predicted molar refractivity (Wildman–Crippen MR) is 88.1 cm³/mol. The van der Waals surface area contributed by atoms with Gasteiger partial charge in [-0.3, -0.25) is 4.90 Å². The largest absolute Gasteiger partial charge is 0.416 e. The van der Waals surface area contributed by atoms with Crippen LogP contribution in [0.4, 0.5) is 32.0 Å². The van der Waals surface area contributed by atoms with E-state index in [1.165, 1.54) is 0 Å². The summed E-state index contributed by atoms with van der Waals surface area (Å²) in [5, 5.41) is 5.20. The molecular formula is C15H19F6N3S. The minimum absolute atomic E-state index is 0.0679. The van der Waals surface area contributed by atoms with Gasteiger partial charge in [-0.1, -0.05) is 13.8 Å². The number of nitrogens with zero attached hydrogens (tertiary/aromatic N) is 1. The van der Waals surface area contributed by atoms with Gasteiger partial charge in [0.1, 0.15) is 0 Å². The van der Waals surface area contributed by atoms with E-state index in [4.69, 9.17) is 12.2 Å².